The van der Waals surface area contributed by atoms with Crippen LogP contribution < -0.4 is 10.6 Å². The molecular weight excluding hydrogens is 263 g/mol. The zero-order chi connectivity index (χ0) is 15.3. The van der Waals surface area contributed by atoms with Crippen LogP contribution in [0.2, 0.25) is 0 Å². The third-order valence-electron chi connectivity index (χ3n) is 2.81. The third-order valence-corrected chi connectivity index (χ3v) is 2.81. The number of hydrogen-bond acceptors (Lipinski definition) is 5. The summed E-state index contributed by atoms with van der Waals surface area (Å²) in [6.45, 7) is 4.82. The predicted octanol–water partition coefficient (Wildman–Crippen LogP) is 2.06. The van der Waals surface area contributed by atoms with E-state index < -0.39 is 11.8 Å². The predicted molar refractivity (Wildman–Crippen MR) is 76.5 cm³/mol. The van der Waals surface area contributed by atoms with Crippen molar-refractivity contribution in [3.63, 3.8) is 0 Å². The number of anilines is 2. The summed E-state index contributed by atoms with van der Waals surface area (Å²) in [6, 6.07) is 2.52. The molecule has 0 saturated carbocycles. The molecule has 0 aromatic heterocycles. The van der Waals surface area contributed by atoms with E-state index in [2.05, 4.69) is 4.74 Å². The van der Waals surface area contributed by atoms with Gasteiger partial charge in [-0.05, 0) is 26.0 Å². The van der Waals surface area contributed by atoms with E-state index in [1.165, 1.54) is 13.2 Å². The van der Waals surface area contributed by atoms with E-state index in [4.69, 9.17) is 10.5 Å². The lowest BCUT2D eigenvalue weighted by Crippen LogP contribution is -2.25. The molecule has 0 aliphatic carbocycles. The van der Waals surface area contributed by atoms with Crippen LogP contribution in [0, 0.1) is 5.82 Å². The van der Waals surface area contributed by atoms with Crippen molar-refractivity contribution in [1.82, 2.24) is 0 Å². The molecule has 5 nitrogen and oxygen atoms in total. The molecule has 0 aliphatic heterocycles. The number of benzene rings is 1. The van der Waals surface area contributed by atoms with Crippen molar-refractivity contribution in [2.24, 2.45) is 0 Å². The summed E-state index contributed by atoms with van der Waals surface area (Å²) in [6.07, 6.45) is 0.116. The molecule has 0 saturated heterocycles. The highest BCUT2D eigenvalue weighted by molar-refractivity contribution is 5.96. The molecule has 0 radical (unpaired) electrons. The normalized spacial score (nSPS) is 10.7. The molecule has 2 N–H and O–H groups in total. The van der Waals surface area contributed by atoms with Crippen molar-refractivity contribution >= 4 is 17.3 Å². The fraction of sp³-hybridized carbons (Fsp3) is 0.500. The Morgan fingerprint density at radius 3 is 2.65 bits per heavy atom. The van der Waals surface area contributed by atoms with Crippen molar-refractivity contribution in [1.29, 1.82) is 0 Å². The number of carbonyl (C=O) groups excluding carboxylic acids is 1. The minimum Gasteiger partial charge on any atom is -0.465 e. The quantitative estimate of drug-likeness (QED) is 0.640. The molecular formula is C14H21FN2O3. The Bertz CT molecular complexity index is 478. The van der Waals surface area contributed by atoms with Crippen LogP contribution in [0.4, 0.5) is 15.8 Å². The van der Waals surface area contributed by atoms with Crippen LogP contribution in [0.5, 0.6) is 0 Å². The number of carbonyl (C=O) groups is 1. The Balaban J connectivity index is 2.90. The van der Waals surface area contributed by atoms with Gasteiger partial charge < -0.3 is 20.1 Å². The number of rotatable bonds is 6. The Kier molecular flexibility index (Phi) is 5.76. The van der Waals surface area contributed by atoms with Crippen LogP contribution in [0.1, 0.15) is 24.2 Å². The first-order valence-corrected chi connectivity index (χ1v) is 6.36. The van der Waals surface area contributed by atoms with Crippen LogP contribution in [0.25, 0.3) is 0 Å². The Morgan fingerprint density at radius 2 is 2.10 bits per heavy atom. The smallest absolute Gasteiger partial charge is 0.340 e. The topological polar surface area (TPSA) is 64.8 Å². The van der Waals surface area contributed by atoms with Gasteiger partial charge in [-0.15, -0.1) is 0 Å². The molecule has 1 aromatic carbocycles. The van der Waals surface area contributed by atoms with Gasteiger partial charge in [0.1, 0.15) is 5.82 Å². The lowest BCUT2D eigenvalue weighted by molar-refractivity contribution is 0.0602. The number of hydrogen-bond donors (Lipinski definition) is 1. The van der Waals surface area contributed by atoms with Gasteiger partial charge in [-0.3, -0.25) is 0 Å². The summed E-state index contributed by atoms with van der Waals surface area (Å²) >= 11 is 0. The molecule has 0 heterocycles. The van der Waals surface area contributed by atoms with Gasteiger partial charge in [-0.25, -0.2) is 9.18 Å². The number of methoxy groups -OCH3 is 1. The van der Waals surface area contributed by atoms with E-state index in [-0.39, 0.29) is 23.0 Å². The Morgan fingerprint density at radius 1 is 1.45 bits per heavy atom. The first kappa shape index (κ1) is 16.2. The molecule has 0 aliphatic rings. The van der Waals surface area contributed by atoms with E-state index in [9.17, 15) is 9.18 Å². The summed E-state index contributed by atoms with van der Waals surface area (Å²) < 4.78 is 24.0. The Hall–Kier alpha value is -1.82. The fourth-order valence-corrected chi connectivity index (χ4v) is 1.70. The molecule has 1 aromatic rings. The zero-order valence-corrected chi connectivity index (χ0v) is 12.3. The van der Waals surface area contributed by atoms with Gasteiger partial charge in [0.25, 0.3) is 0 Å². The van der Waals surface area contributed by atoms with Crippen molar-refractivity contribution in [3.8, 4) is 0 Å². The van der Waals surface area contributed by atoms with E-state index >= 15 is 0 Å². The van der Waals surface area contributed by atoms with Crippen molar-refractivity contribution < 1.29 is 18.7 Å². The lowest BCUT2D eigenvalue weighted by atomic mass is 10.1. The van der Waals surface area contributed by atoms with E-state index in [1.54, 1.807) is 11.9 Å². The first-order valence-electron chi connectivity index (χ1n) is 6.36. The van der Waals surface area contributed by atoms with Gasteiger partial charge >= 0.3 is 5.97 Å². The van der Waals surface area contributed by atoms with Gasteiger partial charge in [0.15, 0.2) is 0 Å². The van der Waals surface area contributed by atoms with Gasteiger partial charge in [-0.1, -0.05) is 0 Å². The fourth-order valence-electron chi connectivity index (χ4n) is 1.70. The highest BCUT2D eigenvalue weighted by atomic mass is 19.1. The van der Waals surface area contributed by atoms with Crippen molar-refractivity contribution in [3.05, 3.63) is 23.5 Å². The molecule has 0 bridgehead atoms. The van der Waals surface area contributed by atoms with Gasteiger partial charge in [-0.2, -0.15) is 0 Å². The SMILES string of the molecule is COC(=O)c1cc(N(C)CCOC(C)C)c(F)cc1N. The highest BCUT2D eigenvalue weighted by Gasteiger charge is 2.16. The van der Waals surface area contributed by atoms with Gasteiger partial charge in [0.2, 0.25) is 0 Å². The number of ether oxygens (including phenoxy) is 2. The molecule has 0 atom stereocenters. The highest BCUT2D eigenvalue weighted by Crippen LogP contribution is 2.25. The van der Waals surface area contributed by atoms with Crippen LogP contribution in [0.3, 0.4) is 0 Å². The lowest BCUT2D eigenvalue weighted by Gasteiger charge is -2.21. The minimum absolute atomic E-state index is 0.0601. The second-order valence-corrected chi connectivity index (χ2v) is 4.72. The van der Waals surface area contributed by atoms with Crippen LogP contribution in [-0.2, 0) is 9.47 Å². The second kappa shape index (κ2) is 7.09. The maximum Gasteiger partial charge on any atom is 0.340 e. The van der Waals surface area contributed by atoms with Crippen LogP contribution in [0.15, 0.2) is 12.1 Å². The van der Waals surface area contributed by atoms with Crippen molar-refractivity contribution in [2.75, 3.05) is 37.9 Å². The van der Waals surface area contributed by atoms with Crippen LogP contribution >= 0.6 is 0 Å². The molecule has 112 valence electrons. The van der Waals surface area contributed by atoms with Gasteiger partial charge in [0, 0.05) is 19.3 Å². The molecule has 20 heavy (non-hydrogen) atoms. The molecule has 0 unspecified atom stereocenters. The summed E-state index contributed by atoms with van der Waals surface area (Å²) in [5.41, 5.74) is 6.12. The number of nitrogen functional groups attached to an aromatic ring is 1. The van der Waals surface area contributed by atoms with Crippen LogP contribution in [-0.4, -0.2) is 39.4 Å². The standard InChI is InChI=1S/C14H21FN2O3/c1-9(2)20-6-5-17(3)13-7-10(14(18)19-4)12(16)8-11(13)15/h7-9H,5-6,16H2,1-4H3. The third kappa shape index (κ3) is 4.09. The summed E-state index contributed by atoms with van der Waals surface area (Å²) in [5.74, 6) is -1.07. The molecule has 6 heteroatoms. The molecule has 0 spiro atoms. The summed E-state index contributed by atoms with van der Waals surface area (Å²) in [5, 5.41) is 0. The maximum absolute atomic E-state index is 13.9. The van der Waals surface area contributed by atoms with E-state index in [0.29, 0.717) is 13.2 Å². The maximum atomic E-state index is 13.9. The number of nitrogens with zero attached hydrogens (tertiary/aromatic N) is 1. The van der Waals surface area contributed by atoms with E-state index in [1.807, 2.05) is 13.8 Å². The number of nitrogens with two attached hydrogens (primary N) is 1. The average Bonchev–Trinajstić information content (AvgIpc) is 2.37. The molecule has 0 fully saturated rings. The average molecular weight is 284 g/mol. The van der Waals surface area contributed by atoms with Gasteiger partial charge in [0.05, 0.1) is 31.1 Å². The molecule has 1 rings (SSSR count). The zero-order valence-electron chi connectivity index (χ0n) is 12.3. The number of esters is 1. The number of halogens is 1. The second-order valence-electron chi connectivity index (χ2n) is 4.72. The molecule has 0 amide bonds. The Labute approximate surface area is 118 Å². The number of likely N-dealkylation sites (N-methyl/N-ethyl adjacent to an activating group) is 1. The van der Waals surface area contributed by atoms with E-state index in [0.717, 1.165) is 6.07 Å². The minimum atomic E-state index is -0.587. The first-order chi connectivity index (χ1) is 9.36. The summed E-state index contributed by atoms with van der Waals surface area (Å²) in [4.78, 5) is 13.2. The largest absolute Gasteiger partial charge is 0.465 e. The summed E-state index contributed by atoms with van der Waals surface area (Å²) in [7, 11) is 2.98. The monoisotopic (exact) mass is 284 g/mol. The van der Waals surface area contributed by atoms with Crippen molar-refractivity contribution in [2.45, 2.75) is 20.0 Å².